The predicted molar refractivity (Wildman–Crippen MR) is 46.8 cm³/mol. The Morgan fingerprint density at radius 2 is 2.21 bits per heavy atom. The molecule has 0 amide bonds. The van der Waals surface area contributed by atoms with E-state index in [0.29, 0.717) is 6.07 Å². The van der Waals surface area contributed by atoms with Gasteiger partial charge in [-0.15, -0.1) is 0 Å². The van der Waals surface area contributed by atoms with Crippen molar-refractivity contribution in [1.82, 2.24) is 0 Å². The summed E-state index contributed by atoms with van der Waals surface area (Å²) in [5.41, 5.74) is -0.298. The Balaban J connectivity index is 3.12. The highest BCUT2D eigenvalue weighted by Crippen LogP contribution is 2.22. The molecular weight excluding hydrogens is 188 g/mol. The highest BCUT2D eigenvalue weighted by molar-refractivity contribution is 5.44. The van der Waals surface area contributed by atoms with Crippen molar-refractivity contribution in [3.05, 3.63) is 42.0 Å². The third-order valence-electron chi connectivity index (χ3n) is 1.49. The van der Waals surface area contributed by atoms with E-state index in [1.165, 1.54) is 6.08 Å². The predicted octanol–water partition coefficient (Wildman–Crippen LogP) is 2.40. The summed E-state index contributed by atoms with van der Waals surface area (Å²) in [6, 6.07) is 3.20. The summed E-state index contributed by atoms with van der Waals surface area (Å²) in [6.45, 7) is 3.48. The second-order valence-electron chi connectivity index (χ2n) is 2.47. The second kappa shape index (κ2) is 4.38. The molecule has 0 saturated carbocycles. The lowest BCUT2D eigenvalue weighted by molar-refractivity contribution is 0.356. The molecule has 0 radical (unpaired) electrons. The fraction of sp³-hybridized carbons (Fsp3) is 0.100. The lowest BCUT2D eigenvalue weighted by atomic mass is 10.2. The minimum Gasteiger partial charge on any atom is -0.488 e. The molecule has 0 aromatic heterocycles. The van der Waals surface area contributed by atoms with Crippen LogP contribution in [0.2, 0.25) is 0 Å². The summed E-state index contributed by atoms with van der Waals surface area (Å²) in [5.74, 6) is -1.81. The molecule has 0 aliphatic rings. The number of hydrogen-bond acceptors (Lipinski definition) is 2. The van der Waals surface area contributed by atoms with Crippen LogP contribution in [0.25, 0.3) is 0 Å². The minimum atomic E-state index is -0.924. The van der Waals surface area contributed by atoms with Crippen molar-refractivity contribution in [1.29, 1.82) is 5.26 Å². The lowest BCUT2D eigenvalue weighted by Gasteiger charge is -2.05. The van der Waals surface area contributed by atoms with E-state index in [2.05, 4.69) is 6.58 Å². The maximum atomic E-state index is 13.0. The van der Waals surface area contributed by atoms with Crippen LogP contribution in [-0.2, 0) is 0 Å². The van der Waals surface area contributed by atoms with Crippen LogP contribution < -0.4 is 4.74 Å². The van der Waals surface area contributed by atoms with Crippen LogP contribution in [0.1, 0.15) is 5.56 Å². The Morgan fingerprint density at radius 1 is 1.50 bits per heavy atom. The van der Waals surface area contributed by atoms with E-state index >= 15 is 0 Å². The smallest absolute Gasteiger partial charge is 0.147 e. The molecule has 1 rings (SSSR count). The summed E-state index contributed by atoms with van der Waals surface area (Å²) >= 11 is 0. The van der Waals surface area contributed by atoms with Crippen LogP contribution in [0.15, 0.2) is 24.8 Å². The lowest BCUT2D eigenvalue weighted by Crippen LogP contribution is -1.98. The van der Waals surface area contributed by atoms with Crippen molar-refractivity contribution in [3.63, 3.8) is 0 Å². The summed E-state index contributed by atoms with van der Waals surface area (Å²) in [7, 11) is 0. The first-order chi connectivity index (χ1) is 6.69. The minimum absolute atomic E-state index is 0.0948. The molecule has 0 saturated heterocycles. The van der Waals surface area contributed by atoms with E-state index < -0.39 is 11.6 Å². The molecule has 1 aromatic carbocycles. The molecule has 0 N–H and O–H groups in total. The SMILES string of the molecule is C=CCOc1cc(F)cc(F)c1C#N. The molecule has 4 heteroatoms. The molecule has 0 aliphatic heterocycles. The zero-order valence-electron chi connectivity index (χ0n) is 7.26. The Bertz CT molecular complexity index is 396. The van der Waals surface area contributed by atoms with Gasteiger partial charge in [0.25, 0.3) is 0 Å². The van der Waals surface area contributed by atoms with Gasteiger partial charge in [-0.2, -0.15) is 5.26 Å². The van der Waals surface area contributed by atoms with E-state index in [9.17, 15) is 8.78 Å². The van der Waals surface area contributed by atoms with Gasteiger partial charge in [-0.1, -0.05) is 12.7 Å². The Kier molecular flexibility index (Phi) is 3.19. The van der Waals surface area contributed by atoms with E-state index in [0.717, 1.165) is 6.07 Å². The monoisotopic (exact) mass is 195 g/mol. The quantitative estimate of drug-likeness (QED) is 0.694. The van der Waals surface area contributed by atoms with Crippen LogP contribution in [0, 0.1) is 23.0 Å². The van der Waals surface area contributed by atoms with Gasteiger partial charge in [0, 0.05) is 12.1 Å². The van der Waals surface area contributed by atoms with E-state index in [4.69, 9.17) is 10.00 Å². The van der Waals surface area contributed by atoms with Gasteiger partial charge in [0.2, 0.25) is 0 Å². The molecule has 72 valence electrons. The topological polar surface area (TPSA) is 33.0 Å². The Hall–Kier alpha value is -1.89. The molecule has 0 fully saturated rings. The molecule has 0 spiro atoms. The number of nitrogens with zero attached hydrogens (tertiary/aromatic N) is 1. The van der Waals surface area contributed by atoms with Crippen molar-refractivity contribution in [2.75, 3.05) is 6.61 Å². The van der Waals surface area contributed by atoms with Gasteiger partial charge in [0.05, 0.1) is 0 Å². The summed E-state index contributed by atoms with van der Waals surface area (Å²) in [5, 5.41) is 8.57. The molecule has 14 heavy (non-hydrogen) atoms. The maximum Gasteiger partial charge on any atom is 0.147 e. The van der Waals surface area contributed by atoms with Crippen molar-refractivity contribution in [3.8, 4) is 11.8 Å². The van der Waals surface area contributed by atoms with E-state index in [1.807, 2.05) is 0 Å². The molecule has 0 atom stereocenters. The van der Waals surface area contributed by atoms with Crippen LogP contribution in [0.4, 0.5) is 8.78 Å². The second-order valence-corrected chi connectivity index (χ2v) is 2.47. The third kappa shape index (κ3) is 2.07. The average Bonchev–Trinajstić information content (AvgIpc) is 2.14. The number of nitriles is 1. The summed E-state index contributed by atoms with van der Waals surface area (Å²) < 4.78 is 30.6. The molecule has 2 nitrogen and oxygen atoms in total. The molecule has 0 aliphatic carbocycles. The van der Waals surface area contributed by atoms with Gasteiger partial charge >= 0.3 is 0 Å². The number of rotatable bonds is 3. The Morgan fingerprint density at radius 3 is 2.79 bits per heavy atom. The Labute approximate surface area is 80.0 Å². The number of ether oxygens (including phenoxy) is 1. The highest BCUT2D eigenvalue weighted by atomic mass is 19.1. The van der Waals surface area contributed by atoms with E-state index in [-0.39, 0.29) is 17.9 Å². The molecule has 1 aromatic rings. The van der Waals surface area contributed by atoms with Crippen molar-refractivity contribution >= 4 is 0 Å². The van der Waals surface area contributed by atoms with Gasteiger partial charge in [0.1, 0.15) is 35.6 Å². The average molecular weight is 195 g/mol. The first kappa shape index (κ1) is 10.2. The number of hydrogen-bond donors (Lipinski definition) is 0. The largest absolute Gasteiger partial charge is 0.488 e. The molecule has 0 heterocycles. The normalized spacial score (nSPS) is 9.21. The fourth-order valence-electron chi connectivity index (χ4n) is 0.921. The van der Waals surface area contributed by atoms with Gasteiger partial charge < -0.3 is 4.74 Å². The van der Waals surface area contributed by atoms with Gasteiger partial charge in [-0.05, 0) is 0 Å². The molecule has 0 bridgehead atoms. The standard InChI is InChI=1S/C10H7F2NO/c1-2-3-14-10-5-7(11)4-9(12)8(10)6-13/h2,4-5H,1,3H2. The van der Waals surface area contributed by atoms with Gasteiger partial charge in [-0.25, -0.2) is 8.78 Å². The van der Waals surface area contributed by atoms with Crippen LogP contribution in [0.3, 0.4) is 0 Å². The zero-order valence-corrected chi connectivity index (χ0v) is 7.26. The summed E-state index contributed by atoms with van der Waals surface area (Å²) in [6.07, 6.45) is 1.42. The van der Waals surface area contributed by atoms with Gasteiger partial charge in [-0.3, -0.25) is 0 Å². The van der Waals surface area contributed by atoms with Crippen molar-refractivity contribution in [2.45, 2.75) is 0 Å². The van der Waals surface area contributed by atoms with Crippen LogP contribution >= 0.6 is 0 Å². The van der Waals surface area contributed by atoms with Crippen LogP contribution in [0.5, 0.6) is 5.75 Å². The highest BCUT2D eigenvalue weighted by Gasteiger charge is 2.11. The number of halogens is 2. The third-order valence-corrected chi connectivity index (χ3v) is 1.49. The zero-order chi connectivity index (χ0) is 10.6. The van der Waals surface area contributed by atoms with Crippen molar-refractivity contribution in [2.24, 2.45) is 0 Å². The molecule has 0 unspecified atom stereocenters. The van der Waals surface area contributed by atoms with Gasteiger partial charge in [0.15, 0.2) is 0 Å². The molecular formula is C10H7F2NO. The van der Waals surface area contributed by atoms with Crippen molar-refractivity contribution < 1.29 is 13.5 Å². The first-order valence-electron chi connectivity index (χ1n) is 3.82. The fourth-order valence-corrected chi connectivity index (χ4v) is 0.921. The number of benzene rings is 1. The first-order valence-corrected chi connectivity index (χ1v) is 3.82. The summed E-state index contributed by atoms with van der Waals surface area (Å²) in [4.78, 5) is 0. The van der Waals surface area contributed by atoms with E-state index in [1.54, 1.807) is 6.07 Å². The van der Waals surface area contributed by atoms with Crippen LogP contribution in [-0.4, -0.2) is 6.61 Å². The maximum absolute atomic E-state index is 13.0.